The molecule has 1 aliphatic heterocycles. The molecule has 0 fully saturated rings. The Kier molecular flexibility index (Phi) is 4.07. The Morgan fingerprint density at radius 2 is 2.14 bits per heavy atom. The highest BCUT2D eigenvalue weighted by Gasteiger charge is 2.36. The number of alkyl halides is 2. The van der Waals surface area contributed by atoms with E-state index in [0.29, 0.717) is 29.7 Å². The fourth-order valence-corrected chi connectivity index (χ4v) is 3.73. The maximum absolute atomic E-state index is 13.5. The maximum Gasteiger partial charge on any atom is 0.319 e. The molecule has 150 valence electrons. The summed E-state index contributed by atoms with van der Waals surface area (Å²) in [6.07, 6.45) is 1.43. The minimum atomic E-state index is -2.59. The van der Waals surface area contributed by atoms with Crippen LogP contribution in [0.25, 0.3) is 5.52 Å². The summed E-state index contributed by atoms with van der Waals surface area (Å²) in [4.78, 5) is 9.57. The van der Waals surface area contributed by atoms with Crippen LogP contribution < -0.4 is 4.90 Å². The molecule has 4 aromatic rings. The van der Waals surface area contributed by atoms with Crippen LogP contribution in [0.15, 0.2) is 35.1 Å². The van der Waals surface area contributed by atoms with Gasteiger partial charge in [0.05, 0.1) is 23.2 Å². The third-order valence-electron chi connectivity index (χ3n) is 5.16. The summed E-state index contributed by atoms with van der Waals surface area (Å²) in [7, 11) is 0. The van der Waals surface area contributed by atoms with E-state index < -0.39 is 12.5 Å². The number of H-pyrrole nitrogens is 1. The van der Waals surface area contributed by atoms with Crippen LogP contribution in [-0.4, -0.2) is 36.3 Å². The molecule has 0 radical (unpaired) electrons. The number of aromatic nitrogens is 6. The van der Waals surface area contributed by atoms with Crippen molar-refractivity contribution in [2.75, 3.05) is 11.4 Å². The van der Waals surface area contributed by atoms with Crippen LogP contribution >= 0.6 is 0 Å². The van der Waals surface area contributed by atoms with Gasteiger partial charge in [-0.15, -0.1) is 5.10 Å². The Balaban J connectivity index is 1.65. The summed E-state index contributed by atoms with van der Waals surface area (Å²) >= 11 is 0. The summed E-state index contributed by atoms with van der Waals surface area (Å²) in [6, 6.07) is 4.62. The fraction of sp³-hybridized carbons (Fsp3) is 0.368. The first-order valence-corrected chi connectivity index (χ1v) is 9.41. The lowest BCUT2D eigenvalue weighted by Crippen LogP contribution is -2.36. The Bertz CT molecular complexity index is 1160. The summed E-state index contributed by atoms with van der Waals surface area (Å²) < 4.78 is 34.3. The molecule has 4 aromatic heterocycles. The van der Waals surface area contributed by atoms with Crippen molar-refractivity contribution in [2.45, 2.75) is 38.7 Å². The highest BCUT2D eigenvalue weighted by Crippen LogP contribution is 2.37. The van der Waals surface area contributed by atoms with E-state index in [2.05, 4.69) is 25.3 Å². The molecule has 0 bridgehead atoms. The number of hydrogen-bond donors (Lipinski definition) is 1. The Labute approximate surface area is 164 Å². The number of nitrogens with zero attached hydrogens (tertiary/aromatic N) is 6. The van der Waals surface area contributed by atoms with Gasteiger partial charge >= 0.3 is 6.01 Å². The molecular formula is C19H19F2N7O. The standard InChI is InChI=1S/C19H19F2N7O/c1-10(2)18-24-25-19(29-18)27-7-5-12-15(23-9-22-12)16(27)13-8-14-11(17(20)21)4-3-6-28(14)26-13/h3-4,6,8-10,16-17H,5,7H2,1-2H3,(H,22,23)/t16-/m0/s1. The van der Waals surface area contributed by atoms with E-state index in [1.165, 1.54) is 10.6 Å². The molecule has 1 atom stereocenters. The molecule has 0 saturated carbocycles. The lowest BCUT2D eigenvalue weighted by Gasteiger charge is -2.32. The number of imidazole rings is 1. The Morgan fingerprint density at radius 3 is 2.90 bits per heavy atom. The van der Waals surface area contributed by atoms with Crippen molar-refractivity contribution in [1.29, 1.82) is 0 Å². The van der Waals surface area contributed by atoms with Gasteiger partial charge < -0.3 is 14.3 Å². The lowest BCUT2D eigenvalue weighted by atomic mass is 10.00. The van der Waals surface area contributed by atoms with Gasteiger partial charge in [0, 0.05) is 36.3 Å². The quantitative estimate of drug-likeness (QED) is 0.564. The van der Waals surface area contributed by atoms with Gasteiger partial charge in [-0.3, -0.25) is 0 Å². The zero-order valence-corrected chi connectivity index (χ0v) is 15.9. The van der Waals surface area contributed by atoms with Crippen molar-refractivity contribution in [3.8, 4) is 0 Å². The van der Waals surface area contributed by atoms with Crippen LogP contribution in [0, 0.1) is 0 Å². The van der Waals surface area contributed by atoms with Crippen LogP contribution in [0.2, 0.25) is 0 Å². The topological polar surface area (TPSA) is 88.1 Å². The van der Waals surface area contributed by atoms with Crippen molar-refractivity contribution in [3.05, 3.63) is 59.3 Å². The maximum atomic E-state index is 13.5. The second-order valence-corrected chi connectivity index (χ2v) is 7.35. The van der Waals surface area contributed by atoms with Crippen molar-refractivity contribution < 1.29 is 13.2 Å². The molecule has 10 heteroatoms. The normalized spacial score (nSPS) is 16.9. The molecular weight excluding hydrogens is 380 g/mol. The van der Waals surface area contributed by atoms with E-state index in [4.69, 9.17) is 4.42 Å². The van der Waals surface area contributed by atoms with Crippen molar-refractivity contribution in [3.63, 3.8) is 0 Å². The summed E-state index contributed by atoms with van der Waals surface area (Å²) in [6.45, 7) is 4.56. The summed E-state index contributed by atoms with van der Waals surface area (Å²) in [5.74, 6) is 0.644. The van der Waals surface area contributed by atoms with E-state index in [0.717, 1.165) is 17.8 Å². The van der Waals surface area contributed by atoms with Crippen LogP contribution in [-0.2, 0) is 6.42 Å². The molecule has 0 spiro atoms. The molecule has 1 aliphatic rings. The van der Waals surface area contributed by atoms with Crippen LogP contribution in [0.5, 0.6) is 0 Å². The molecule has 0 amide bonds. The lowest BCUT2D eigenvalue weighted by molar-refractivity contribution is 0.152. The third kappa shape index (κ3) is 2.86. The second-order valence-electron chi connectivity index (χ2n) is 7.35. The van der Waals surface area contributed by atoms with Gasteiger partial charge in [-0.2, -0.15) is 5.10 Å². The van der Waals surface area contributed by atoms with Crippen molar-refractivity contribution in [1.82, 2.24) is 29.8 Å². The number of halogens is 2. The molecule has 8 nitrogen and oxygen atoms in total. The highest BCUT2D eigenvalue weighted by atomic mass is 19.3. The van der Waals surface area contributed by atoms with E-state index in [1.54, 1.807) is 24.7 Å². The van der Waals surface area contributed by atoms with Gasteiger partial charge in [0.15, 0.2) is 0 Å². The van der Waals surface area contributed by atoms with Gasteiger partial charge in [0.2, 0.25) is 5.89 Å². The number of fused-ring (bicyclic) bond motifs is 2. The van der Waals surface area contributed by atoms with Crippen LogP contribution in [0.1, 0.15) is 60.8 Å². The second kappa shape index (κ2) is 6.64. The summed E-state index contributed by atoms with van der Waals surface area (Å²) in [5, 5.41) is 12.9. The predicted octanol–water partition coefficient (Wildman–Crippen LogP) is 3.65. The minimum absolute atomic E-state index is 0.0595. The first-order chi connectivity index (χ1) is 14.0. The number of hydrogen-bond acceptors (Lipinski definition) is 6. The zero-order chi connectivity index (χ0) is 20.1. The van der Waals surface area contributed by atoms with Gasteiger partial charge in [0.25, 0.3) is 6.43 Å². The molecule has 5 heterocycles. The average Bonchev–Trinajstić information content (AvgIpc) is 3.44. The molecule has 0 aromatic carbocycles. The Hall–Kier alpha value is -3.30. The van der Waals surface area contributed by atoms with Gasteiger partial charge in [0.1, 0.15) is 6.04 Å². The van der Waals surface area contributed by atoms with Gasteiger partial charge in [-0.05, 0) is 18.2 Å². The van der Waals surface area contributed by atoms with E-state index in [-0.39, 0.29) is 11.5 Å². The molecule has 1 N–H and O–H groups in total. The molecule has 29 heavy (non-hydrogen) atoms. The van der Waals surface area contributed by atoms with Crippen molar-refractivity contribution in [2.24, 2.45) is 0 Å². The Morgan fingerprint density at radius 1 is 1.28 bits per heavy atom. The van der Waals surface area contributed by atoms with Crippen LogP contribution in [0.4, 0.5) is 14.8 Å². The van der Waals surface area contributed by atoms with E-state index in [1.807, 2.05) is 18.7 Å². The summed E-state index contributed by atoms with van der Waals surface area (Å²) in [5.41, 5.74) is 2.67. The zero-order valence-electron chi connectivity index (χ0n) is 15.9. The van der Waals surface area contributed by atoms with Crippen molar-refractivity contribution >= 4 is 11.5 Å². The van der Waals surface area contributed by atoms with E-state index in [9.17, 15) is 8.78 Å². The van der Waals surface area contributed by atoms with Crippen LogP contribution in [0.3, 0.4) is 0 Å². The first-order valence-electron chi connectivity index (χ1n) is 9.41. The first kappa shape index (κ1) is 17.8. The number of rotatable bonds is 4. The fourth-order valence-electron chi connectivity index (χ4n) is 3.73. The number of nitrogens with one attached hydrogen (secondary N) is 1. The number of pyridine rings is 1. The SMILES string of the molecule is CC(C)c1nnc(N2CCc3[nH]cnc3[C@@H]2c2cc3c(C(F)F)cccn3n2)o1. The molecule has 0 aliphatic carbocycles. The number of anilines is 1. The molecule has 5 rings (SSSR count). The average molecular weight is 399 g/mol. The predicted molar refractivity (Wildman–Crippen MR) is 100 cm³/mol. The molecule has 0 unspecified atom stereocenters. The minimum Gasteiger partial charge on any atom is -0.408 e. The number of aromatic amines is 1. The largest absolute Gasteiger partial charge is 0.408 e. The van der Waals surface area contributed by atoms with Gasteiger partial charge in [-0.1, -0.05) is 18.9 Å². The molecule has 0 saturated heterocycles. The van der Waals surface area contributed by atoms with E-state index >= 15 is 0 Å². The monoisotopic (exact) mass is 399 g/mol. The van der Waals surface area contributed by atoms with Gasteiger partial charge in [-0.25, -0.2) is 18.3 Å². The third-order valence-corrected chi connectivity index (χ3v) is 5.16. The smallest absolute Gasteiger partial charge is 0.319 e. The highest BCUT2D eigenvalue weighted by molar-refractivity contribution is 5.58.